The highest BCUT2D eigenvalue weighted by molar-refractivity contribution is 6.42. The van der Waals surface area contributed by atoms with Gasteiger partial charge in [0.25, 0.3) is 0 Å². The average molecular weight is 446 g/mol. The number of hydrogen-bond acceptors (Lipinski definition) is 5. The molecule has 1 aliphatic heterocycles. The summed E-state index contributed by atoms with van der Waals surface area (Å²) in [6.07, 6.45) is 0. The van der Waals surface area contributed by atoms with Gasteiger partial charge in [0.1, 0.15) is 17.9 Å². The standard InChI is InChI=1S/C23H25Cl2N3O2/c1-16-13-21(26-15-17-5-6-19(24)20(25)14-17)18-3-2-4-22(23(18)27-16)30-12-9-28-7-10-29-11-8-28/h2-6,13-14H,7-12,15H2,1H3,(H,26,27). The predicted molar refractivity (Wildman–Crippen MR) is 123 cm³/mol. The van der Waals surface area contributed by atoms with Gasteiger partial charge in [0.2, 0.25) is 0 Å². The Bertz CT molecular complexity index is 1020. The average Bonchev–Trinajstić information content (AvgIpc) is 2.75. The Morgan fingerprint density at radius 3 is 2.73 bits per heavy atom. The van der Waals surface area contributed by atoms with Crippen LogP contribution in [0.1, 0.15) is 11.3 Å². The Hall–Kier alpha value is -2.05. The third-order valence-electron chi connectivity index (χ3n) is 5.17. The molecule has 3 aromatic rings. The molecule has 158 valence electrons. The smallest absolute Gasteiger partial charge is 0.145 e. The first-order valence-electron chi connectivity index (χ1n) is 10.1. The van der Waals surface area contributed by atoms with Crippen LogP contribution in [-0.2, 0) is 11.3 Å². The molecule has 7 heteroatoms. The molecule has 1 fully saturated rings. The molecule has 0 radical (unpaired) electrons. The fourth-order valence-electron chi connectivity index (χ4n) is 3.57. The second-order valence-electron chi connectivity index (χ2n) is 7.37. The van der Waals surface area contributed by atoms with Crippen molar-refractivity contribution < 1.29 is 9.47 Å². The van der Waals surface area contributed by atoms with Crippen molar-refractivity contribution in [2.24, 2.45) is 0 Å². The number of ether oxygens (including phenoxy) is 2. The maximum atomic E-state index is 6.14. The van der Waals surface area contributed by atoms with E-state index in [4.69, 9.17) is 37.7 Å². The minimum atomic E-state index is 0.558. The van der Waals surface area contributed by atoms with Crippen molar-refractivity contribution in [3.63, 3.8) is 0 Å². The van der Waals surface area contributed by atoms with Gasteiger partial charge in [-0.3, -0.25) is 4.90 Å². The van der Waals surface area contributed by atoms with Crippen molar-refractivity contribution >= 4 is 39.8 Å². The van der Waals surface area contributed by atoms with Crippen LogP contribution in [0.4, 0.5) is 5.69 Å². The minimum absolute atomic E-state index is 0.558. The predicted octanol–water partition coefficient (Wildman–Crippen LogP) is 5.17. The number of rotatable bonds is 7. The summed E-state index contributed by atoms with van der Waals surface area (Å²) in [5, 5.41) is 5.66. The Morgan fingerprint density at radius 2 is 1.93 bits per heavy atom. The van der Waals surface area contributed by atoms with Crippen molar-refractivity contribution in [1.82, 2.24) is 9.88 Å². The number of pyridine rings is 1. The molecule has 0 atom stereocenters. The lowest BCUT2D eigenvalue weighted by atomic mass is 10.1. The van der Waals surface area contributed by atoms with Crippen LogP contribution < -0.4 is 10.1 Å². The van der Waals surface area contributed by atoms with E-state index in [0.29, 0.717) is 23.2 Å². The number of aryl methyl sites for hydroxylation is 1. The highest BCUT2D eigenvalue weighted by Gasteiger charge is 2.12. The molecule has 0 amide bonds. The van der Waals surface area contributed by atoms with Crippen LogP contribution in [-0.4, -0.2) is 49.3 Å². The third kappa shape index (κ3) is 5.16. The van der Waals surface area contributed by atoms with Crippen LogP contribution in [0.3, 0.4) is 0 Å². The Morgan fingerprint density at radius 1 is 1.10 bits per heavy atom. The molecule has 30 heavy (non-hydrogen) atoms. The lowest BCUT2D eigenvalue weighted by Crippen LogP contribution is -2.38. The molecule has 2 aromatic carbocycles. The van der Waals surface area contributed by atoms with E-state index in [0.717, 1.165) is 66.4 Å². The largest absolute Gasteiger partial charge is 0.490 e. The van der Waals surface area contributed by atoms with Gasteiger partial charge in [0, 0.05) is 42.9 Å². The fraction of sp³-hybridized carbons (Fsp3) is 0.348. The third-order valence-corrected chi connectivity index (χ3v) is 5.91. The van der Waals surface area contributed by atoms with E-state index in [1.165, 1.54) is 0 Å². The number of fused-ring (bicyclic) bond motifs is 1. The van der Waals surface area contributed by atoms with E-state index < -0.39 is 0 Å². The van der Waals surface area contributed by atoms with E-state index in [2.05, 4.69) is 22.3 Å². The number of halogens is 2. The van der Waals surface area contributed by atoms with E-state index in [-0.39, 0.29) is 0 Å². The summed E-state index contributed by atoms with van der Waals surface area (Å²) in [5.74, 6) is 0.807. The molecule has 4 rings (SSSR count). The maximum absolute atomic E-state index is 6.14. The summed E-state index contributed by atoms with van der Waals surface area (Å²) < 4.78 is 11.5. The number of nitrogens with zero attached hydrogens (tertiary/aromatic N) is 2. The van der Waals surface area contributed by atoms with Crippen molar-refractivity contribution in [2.75, 3.05) is 44.8 Å². The molecule has 1 saturated heterocycles. The number of hydrogen-bond donors (Lipinski definition) is 1. The number of para-hydroxylation sites is 1. The van der Waals surface area contributed by atoms with Crippen LogP contribution in [0, 0.1) is 6.92 Å². The SMILES string of the molecule is Cc1cc(NCc2ccc(Cl)c(Cl)c2)c2cccc(OCCN3CCOCC3)c2n1. The Balaban J connectivity index is 1.49. The lowest BCUT2D eigenvalue weighted by Gasteiger charge is -2.26. The first kappa shape index (κ1) is 21.2. The molecule has 1 aromatic heterocycles. The molecule has 1 aliphatic rings. The van der Waals surface area contributed by atoms with Gasteiger partial charge in [-0.25, -0.2) is 4.98 Å². The van der Waals surface area contributed by atoms with E-state index in [1.54, 1.807) is 0 Å². The Labute approximate surface area is 186 Å². The molecule has 0 saturated carbocycles. The van der Waals surface area contributed by atoms with E-state index in [9.17, 15) is 0 Å². The topological polar surface area (TPSA) is 46.6 Å². The minimum Gasteiger partial charge on any atom is -0.490 e. The van der Waals surface area contributed by atoms with Gasteiger partial charge in [-0.2, -0.15) is 0 Å². The summed E-state index contributed by atoms with van der Waals surface area (Å²) in [7, 11) is 0. The van der Waals surface area contributed by atoms with Crippen LogP contribution in [0.2, 0.25) is 10.0 Å². The molecular weight excluding hydrogens is 421 g/mol. The first-order chi connectivity index (χ1) is 14.6. The summed E-state index contributed by atoms with van der Waals surface area (Å²) >= 11 is 12.2. The second kappa shape index (κ2) is 9.84. The Kier molecular flexibility index (Phi) is 6.95. The molecule has 0 spiro atoms. The van der Waals surface area contributed by atoms with Crippen LogP contribution in [0.15, 0.2) is 42.5 Å². The monoisotopic (exact) mass is 445 g/mol. The summed E-state index contributed by atoms with van der Waals surface area (Å²) in [4.78, 5) is 7.10. The van der Waals surface area contributed by atoms with Gasteiger partial charge in [0.05, 0.1) is 23.3 Å². The van der Waals surface area contributed by atoms with Crippen LogP contribution >= 0.6 is 23.2 Å². The molecule has 0 bridgehead atoms. The highest BCUT2D eigenvalue weighted by Crippen LogP contribution is 2.31. The zero-order valence-corrected chi connectivity index (χ0v) is 18.5. The summed E-state index contributed by atoms with van der Waals surface area (Å²) in [6, 6.07) is 13.8. The number of nitrogens with one attached hydrogen (secondary N) is 1. The van der Waals surface area contributed by atoms with Gasteiger partial charge in [0.15, 0.2) is 0 Å². The summed E-state index contributed by atoms with van der Waals surface area (Å²) in [6.45, 7) is 7.64. The molecular formula is C23H25Cl2N3O2. The normalized spacial score (nSPS) is 14.8. The van der Waals surface area contributed by atoms with Gasteiger partial charge in [-0.05, 0) is 36.8 Å². The first-order valence-corrected chi connectivity index (χ1v) is 10.9. The quantitative estimate of drug-likeness (QED) is 0.543. The number of anilines is 1. The van der Waals surface area contributed by atoms with Crippen LogP contribution in [0.5, 0.6) is 5.75 Å². The zero-order valence-electron chi connectivity index (χ0n) is 17.0. The highest BCUT2D eigenvalue weighted by atomic mass is 35.5. The van der Waals surface area contributed by atoms with Crippen molar-refractivity contribution in [1.29, 1.82) is 0 Å². The number of aromatic nitrogens is 1. The van der Waals surface area contributed by atoms with Gasteiger partial charge in [-0.1, -0.05) is 41.4 Å². The van der Waals surface area contributed by atoms with E-state index >= 15 is 0 Å². The zero-order chi connectivity index (χ0) is 20.9. The molecule has 0 aliphatic carbocycles. The molecule has 1 N–H and O–H groups in total. The van der Waals surface area contributed by atoms with Gasteiger partial charge >= 0.3 is 0 Å². The van der Waals surface area contributed by atoms with Crippen molar-refractivity contribution in [3.05, 3.63) is 63.8 Å². The van der Waals surface area contributed by atoms with Gasteiger partial charge < -0.3 is 14.8 Å². The molecule has 2 heterocycles. The lowest BCUT2D eigenvalue weighted by molar-refractivity contribution is 0.0323. The van der Waals surface area contributed by atoms with E-state index in [1.807, 2.05) is 37.3 Å². The van der Waals surface area contributed by atoms with Gasteiger partial charge in [-0.15, -0.1) is 0 Å². The van der Waals surface area contributed by atoms with Crippen molar-refractivity contribution in [3.8, 4) is 5.75 Å². The fourth-order valence-corrected chi connectivity index (χ4v) is 3.89. The molecule has 5 nitrogen and oxygen atoms in total. The van der Waals surface area contributed by atoms with Crippen molar-refractivity contribution in [2.45, 2.75) is 13.5 Å². The van der Waals surface area contributed by atoms with Crippen LogP contribution in [0.25, 0.3) is 10.9 Å². The second-order valence-corrected chi connectivity index (χ2v) is 8.18. The number of benzene rings is 2. The molecule has 0 unspecified atom stereocenters. The number of morpholine rings is 1. The summed E-state index contributed by atoms with van der Waals surface area (Å²) in [5.41, 5.74) is 3.88. The maximum Gasteiger partial charge on any atom is 0.145 e.